The van der Waals surface area contributed by atoms with Gasteiger partial charge in [-0.2, -0.15) is 0 Å². The molecule has 0 saturated heterocycles. The molecule has 144 valence electrons. The van der Waals surface area contributed by atoms with Gasteiger partial charge in [-0.3, -0.25) is 9.59 Å². The fraction of sp³-hybridized carbons (Fsp3) is 0.765. The zero-order valence-electron chi connectivity index (χ0n) is 16.1. The van der Waals surface area contributed by atoms with Crippen LogP contribution in [0.4, 0.5) is 4.79 Å². The van der Waals surface area contributed by atoms with Crippen molar-refractivity contribution < 1.29 is 23.9 Å². The largest absolute Gasteiger partial charge is 0.453 e. The number of hydrogen-bond donors (Lipinski definition) is 3. The normalized spacial score (nSPS) is 15.7. The molecule has 0 saturated carbocycles. The topological polar surface area (TPSA) is 114 Å². The Morgan fingerprint density at radius 3 is 2.00 bits per heavy atom. The number of methoxy groups -OCH3 is 1. The molecule has 0 rings (SSSR count). The van der Waals surface area contributed by atoms with Crippen molar-refractivity contribution in [2.45, 2.75) is 65.6 Å². The molecular formula is C17H31N3O5. The van der Waals surface area contributed by atoms with Crippen LogP contribution in [-0.4, -0.2) is 48.9 Å². The fourth-order valence-corrected chi connectivity index (χ4v) is 2.46. The summed E-state index contributed by atoms with van der Waals surface area (Å²) in [5.41, 5.74) is -0.994. The average molecular weight is 357 g/mol. The molecule has 0 aliphatic carbocycles. The van der Waals surface area contributed by atoms with E-state index in [1.54, 1.807) is 20.8 Å². The summed E-state index contributed by atoms with van der Waals surface area (Å²) in [5, 5.41) is 7.65. The van der Waals surface area contributed by atoms with Gasteiger partial charge >= 0.3 is 6.09 Å². The van der Waals surface area contributed by atoms with Crippen molar-refractivity contribution in [2.24, 2.45) is 11.8 Å². The molecule has 0 bridgehead atoms. The van der Waals surface area contributed by atoms with E-state index in [2.05, 4.69) is 20.7 Å². The molecule has 8 nitrogen and oxygen atoms in total. The van der Waals surface area contributed by atoms with Gasteiger partial charge in [0.1, 0.15) is 18.4 Å². The van der Waals surface area contributed by atoms with Crippen LogP contribution >= 0.6 is 0 Å². The first-order chi connectivity index (χ1) is 11.5. The van der Waals surface area contributed by atoms with Crippen molar-refractivity contribution in [2.75, 3.05) is 7.11 Å². The maximum Gasteiger partial charge on any atom is 0.407 e. The van der Waals surface area contributed by atoms with Gasteiger partial charge in [0.2, 0.25) is 11.8 Å². The molecule has 0 unspecified atom stereocenters. The molecule has 25 heavy (non-hydrogen) atoms. The van der Waals surface area contributed by atoms with Gasteiger partial charge < -0.3 is 25.5 Å². The minimum Gasteiger partial charge on any atom is -0.453 e. The molecule has 3 N–H and O–H groups in total. The average Bonchev–Trinajstić information content (AvgIpc) is 2.50. The van der Waals surface area contributed by atoms with Crippen LogP contribution in [0, 0.1) is 11.8 Å². The van der Waals surface area contributed by atoms with Crippen molar-refractivity contribution in [3.63, 3.8) is 0 Å². The van der Waals surface area contributed by atoms with Crippen LogP contribution in [0.15, 0.2) is 0 Å². The third kappa shape index (κ3) is 8.00. The van der Waals surface area contributed by atoms with E-state index in [-0.39, 0.29) is 11.8 Å². The van der Waals surface area contributed by atoms with Gasteiger partial charge in [0, 0.05) is 0 Å². The number of rotatable bonds is 9. The highest BCUT2D eigenvalue weighted by molar-refractivity contribution is 5.92. The van der Waals surface area contributed by atoms with Crippen molar-refractivity contribution >= 4 is 24.2 Å². The summed E-state index contributed by atoms with van der Waals surface area (Å²) in [4.78, 5) is 47.3. The predicted molar refractivity (Wildman–Crippen MR) is 93.8 cm³/mol. The zero-order valence-corrected chi connectivity index (χ0v) is 16.1. The standard InChI is InChI=1S/C17H31N3O5/c1-10(2)8-17(6,9-21)20-14(22)12(5)18-15(23)13(11(3)4)19-16(24)25-7/h9-13H,8H2,1-7H3,(H,18,23)(H,19,24)(H,20,22)/t12-,13-,17-/m0/s1. The molecule has 0 spiro atoms. The van der Waals surface area contributed by atoms with E-state index in [0.29, 0.717) is 12.7 Å². The Morgan fingerprint density at radius 2 is 1.60 bits per heavy atom. The molecule has 0 aromatic rings. The molecule has 0 heterocycles. The Kier molecular flexibility index (Phi) is 9.16. The molecule has 0 aliphatic heterocycles. The summed E-state index contributed by atoms with van der Waals surface area (Å²) >= 11 is 0. The summed E-state index contributed by atoms with van der Waals surface area (Å²) in [6.07, 6.45) is 0.466. The van der Waals surface area contributed by atoms with Gasteiger partial charge in [-0.15, -0.1) is 0 Å². The van der Waals surface area contributed by atoms with Crippen LogP contribution in [0.2, 0.25) is 0 Å². The van der Waals surface area contributed by atoms with Crippen molar-refractivity contribution in [1.82, 2.24) is 16.0 Å². The second-order valence-corrected chi connectivity index (χ2v) is 7.21. The van der Waals surface area contributed by atoms with E-state index in [4.69, 9.17) is 0 Å². The molecule has 3 amide bonds. The maximum atomic E-state index is 12.3. The Labute approximate surface area is 149 Å². The van der Waals surface area contributed by atoms with Crippen LogP contribution in [-0.2, 0) is 19.1 Å². The molecule has 0 fully saturated rings. The number of nitrogens with one attached hydrogen (secondary N) is 3. The highest BCUT2D eigenvalue weighted by Crippen LogP contribution is 2.14. The number of ether oxygens (including phenoxy) is 1. The van der Waals surface area contributed by atoms with E-state index in [1.807, 2.05) is 13.8 Å². The van der Waals surface area contributed by atoms with Gasteiger partial charge in [0.25, 0.3) is 0 Å². The first-order valence-electron chi connectivity index (χ1n) is 8.39. The molecule has 8 heteroatoms. The van der Waals surface area contributed by atoms with Gasteiger partial charge in [-0.1, -0.05) is 27.7 Å². The van der Waals surface area contributed by atoms with E-state index in [1.165, 1.54) is 14.0 Å². The smallest absolute Gasteiger partial charge is 0.407 e. The lowest BCUT2D eigenvalue weighted by Gasteiger charge is -2.29. The van der Waals surface area contributed by atoms with Gasteiger partial charge in [0.05, 0.1) is 12.6 Å². The molecule has 0 aliphatic rings. The summed E-state index contributed by atoms with van der Waals surface area (Å²) in [5.74, 6) is -0.950. The molecule has 0 radical (unpaired) electrons. The maximum absolute atomic E-state index is 12.3. The summed E-state index contributed by atoms with van der Waals surface area (Å²) in [6, 6.07) is -1.70. The van der Waals surface area contributed by atoms with Crippen LogP contribution < -0.4 is 16.0 Å². The monoisotopic (exact) mass is 357 g/mol. The highest BCUT2D eigenvalue weighted by atomic mass is 16.5. The quantitative estimate of drug-likeness (QED) is 0.533. The minimum absolute atomic E-state index is 0.199. The van der Waals surface area contributed by atoms with Crippen LogP contribution in [0.5, 0.6) is 0 Å². The summed E-state index contributed by atoms with van der Waals surface area (Å²) < 4.78 is 4.50. The Bertz CT molecular complexity index is 493. The molecule has 0 aromatic carbocycles. The predicted octanol–water partition coefficient (Wildman–Crippen LogP) is 0.992. The summed E-state index contributed by atoms with van der Waals surface area (Å²) in [6.45, 7) is 10.6. The van der Waals surface area contributed by atoms with E-state index in [0.717, 1.165) is 0 Å². The number of amides is 3. The lowest BCUT2D eigenvalue weighted by molar-refractivity contribution is -0.132. The molecule has 0 aromatic heterocycles. The van der Waals surface area contributed by atoms with Crippen LogP contribution in [0.25, 0.3) is 0 Å². The van der Waals surface area contributed by atoms with Gasteiger partial charge in [-0.05, 0) is 32.1 Å². The first-order valence-corrected chi connectivity index (χ1v) is 8.39. The number of aldehydes is 1. The third-order valence-electron chi connectivity index (χ3n) is 3.66. The SMILES string of the molecule is COC(=O)N[C@H](C(=O)N[C@@H](C)C(=O)N[C@](C)(C=O)CC(C)C)C(C)C. The summed E-state index contributed by atoms with van der Waals surface area (Å²) in [7, 11) is 1.20. The third-order valence-corrected chi connectivity index (χ3v) is 3.66. The zero-order chi connectivity index (χ0) is 19.8. The van der Waals surface area contributed by atoms with Crippen molar-refractivity contribution in [3.05, 3.63) is 0 Å². The number of alkyl carbamates (subject to hydrolysis) is 1. The second kappa shape index (κ2) is 10.0. The minimum atomic E-state index is -0.994. The lowest BCUT2D eigenvalue weighted by Crippen LogP contribution is -2.58. The van der Waals surface area contributed by atoms with Crippen LogP contribution in [0.1, 0.15) is 48.0 Å². The second-order valence-electron chi connectivity index (χ2n) is 7.21. The first kappa shape index (κ1) is 22.9. The van der Waals surface area contributed by atoms with Crippen LogP contribution in [0.3, 0.4) is 0 Å². The Hall–Kier alpha value is -2.12. The van der Waals surface area contributed by atoms with E-state index in [9.17, 15) is 19.2 Å². The van der Waals surface area contributed by atoms with Gasteiger partial charge in [-0.25, -0.2) is 4.79 Å². The van der Waals surface area contributed by atoms with Gasteiger partial charge in [0.15, 0.2) is 0 Å². The Balaban J connectivity index is 4.90. The molecule has 3 atom stereocenters. The lowest BCUT2D eigenvalue weighted by atomic mass is 9.92. The number of hydrogen-bond acceptors (Lipinski definition) is 5. The van der Waals surface area contributed by atoms with Crippen molar-refractivity contribution in [1.29, 1.82) is 0 Å². The fourth-order valence-electron chi connectivity index (χ4n) is 2.46. The highest BCUT2D eigenvalue weighted by Gasteiger charge is 2.31. The number of carbonyl (C=O) groups is 4. The van der Waals surface area contributed by atoms with E-state index < -0.39 is 35.5 Å². The Morgan fingerprint density at radius 1 is 1.04 bits per heavy atom. The van der Waals surface area contributed by atoms with E-state index >= 15 is 0 Å². The van der Waals surface area contributed by atoms with Crippen molar-refractivity contribution in [3.8, 4) is 0 Å². The number of carbonyl (C=O) groups excluding carboxylic acids is 4. The molecular weight excluding hydrogens is 326 g/mol.